The van der Waals surface area contributed by atoms with E-state index in [-0.39, 0.29) is 24.9 Å². The number of anilines is 1. The van der Waals surface area contributed by atoms with Crippen LogP contribution in [0, 0.1) is 5.92 Å². The Hall–Kier alpha value is -1.45. The molecule has 8 nitrogen and oxygen atoms in total. The summed E-state index contributed by atoms with van der Waals surface area (Å²) in [4.78, 5) is 11.6. The number of nitrogens with zero attached hydrogens (tertiary/aromatic N) is 2. The third-order valence-electron chi connectivity index (χ3n) is 3.17. The highest BCUT2D eigenvalue weighted by atomic mass is 32.2. The fraction of sp³-hybridized carbons (Fsp3) is 0.556. The Balaban J connectivity index is 1.79. The van der Waals surface area contributed by atoms with Crippen molar-refractivity contribution in [1.29, 1.82) is 0 Å². The zero-order valence-electron chi connectivity index (χ0n) is 9.51. The lowest BCUT2D eigenvalue weighted by molar-refractivity contribution is -0.117. The van der Waals surface area contributed by atoms with Crippen molar-refractivity contribution in [2.75, 3.05) is 5.32 Å². The van der Waals surface area contributed by atoms with Crippen molar-refractivity contribution in [2.45, 2.75) is 25.9 Å². The molecular weight excluding hydrogens is 258 g/mol. The Labute approximate surface area is 104 Å². The average Bonchev–Trinajstić information content (AvgIpc) is 2.92. The Kier molecular flexibility index (Phi) is 2.44. The molecule has 1 saturated carbocycles. The normalized spacial score (nSPS) is 19.8. The molecule has 0 radical (unpaired) electrons. The number of aromatic amines is 1. The fourth-order valence-corrected chi connectivity index (χ4v) is 2.58. The number of H-pyrrole nitrogens is 1. The number of carbonyl (C=O) groups is 1. The van der Waals surface area contributed by atoms with E-state index >= 15 is 0 Å². The van der Waals surface area contributed by atoms with Crippen molar-refractivity contribution < 1.29 is 13.2 Å². The third kappa shape index (κ3) is 2.00. The molecule has 18 heavy (non-hydrogen) atoms. The van der Waals surface area contributed by atoms with Gasteiger partial charge in [-0.05, 0) is 12.8 Å². The van der Waals surface area contributed by atoms with Crippen LogP contribution >= 0.6 is 0 Å². The number of amides is 1. The Morgan fingerprint density at radius 3 is 2.78 bits per heavy atom. The van der Waals surface area contributed by atoms with Crippen molar-refractivity contribution in [3.8, 4) is 0 Å². The molecule has 1 aliphatic carbocycles. The van der Waals surface area contributed by atoms with Gasteiger partial charge in [-0.15, -0.1) is 0 Å². The highest BCUT2D eigenvalue weighted by Gasteiger charge is 2.34. The van der Waals surface area contributed by atoms with Gasteiger partial charge in [0.25, 0.3) is 10.2 Å². The first-order chi connectivity index (χ1) is 8.45. The molecule has 1 fully saturated rings. The van der Waals surface area contributed by atoms with E-state index in [4.69, 9.17) is 5.14 Å². The molecule has 1 aromatic heterocycles. The standard InChI is InChI=1S/C9H13N5O3S/c10-18(16,17)14-3-6-7(4-14)12-13-8(6)11-9(15)5-1-2-5/h5H,1-4H2,(H2,10,16,17)(H2,11,12,13,15). The largest absolute Gasteiger partial charge is 0.309 e. The van der Waals surface area contributed by atoms with E-state index in [0.29, 0.717) is 17.1 Å². The quantitative estimate of drug-likeness (QED) is 0.671. The van der Waals surface area contributed by atoms with Gasteiger partial charge in [0.05, 0.1) is 12.2 Å². The monoisotopic (exact) mass is 271 g/mol. The van der Waals surface area contributed by atoms with E-state index in [2.05, 4.69) is 15.5 Å². The fourth-order valence-electron chi connectivity index (χ4n) is 1.96. The van der Waals surface area contributed by atoms with Crippen LogP contribution in [0.15, 0.2) is 0 Å². The summed E-state index contributed by atoms with van der Waals surface area (Å²) in [7, 11) is -3.72. The molecule has 0 unspecified atom stereocenters. The molecule has 0 aromatic carbocycles. The molecule has 1 amide bonds. The maximum Gasteiger partial charge on any atom is 0.277 e. The molecule has 98 valence electrons. The predicted molar refractivity (Wildman–Crippen MR) is 62.3 cm³/mol. The first kappa shape index (κ1) is 11.6. The number of carbonyl (C=O) groups excluding carboxylic acids is 1. The molecule has 4 N–H and O–H groups in total. The average molecular weight is 271 g/mol. The van der Waals surface area contributed by atoms with Crippen LogP contribution in [-0.2, 0) is 28.1 Å². The maximum absolute atomic E-state index is 11.6. The maximum atomic E-state index is 11.6. The van der Waals surface area contributed by atoms with Gasteiger partial charge in [-0.1, -0.05) is 0 Å². The van der Waals surface area contributed by atoms with Crippen LogP contribution < -0.4 is 10.5 Å². The van der Waals surface area contributed by atoms with Crippen molar-refractivity contribution in [3.63, 3.8) is 0 Å². The van der Waals surface area contributed by atoms with Crippen LogP contribution in [0.4, 0.5) is 5.82 Å². The van der Waals surface area contributed by atoms with Gasteiger partial charge in [0.1, 0.15) is 0 Å². The van der Waals surface area contributed by atoms with Gasteiger partial charge in [-0.2, -0.15) is 17.8 Å². The second-order valence-electron chi connectivity index (χ2n) is 4.61. The number of hydrogen-bond acceptors (Lipinski definition) is 4. The lowest BCUT2D eigenvalue weighted by atomic mass is 10.2. The van der Waals surface area contributed by atoms with Crippen molar-refractivity contribution in [3.05, 3.63) is 11.3 Å². The molecule has 0 spiro atoms. The van der Waals surface area contributed by atoms with E-state index < -0.39 is 10.2 Å². The summed E-state index contributed by atoms with van der Waals surface area (Å²) in [6, 6.07) is 0. The Bertz CT molecular complexity index is 604. The first-order valence-electron chi connectivity index (χ1n) is 5.60. The lowest BCUT2D eigenvalue weighted by Crippen LogP contribution is -2.32. The van der Waals surface area contributed by atoms with Crippen LogP contribution in [0.25, 0.3) is 0 Å². The van der Waals surface area contributed by atoms with Crippen molar-refractivity contribution in [2.24, 2.45) is 11.1 Å². The van der Waals surface area contributed by atoms with Gasteiger partial charge >= 0.3 is 0 Å². The minimum absolute atomic E-state index is 0.0571. The molecule has 9 heteroatoms. The molecule has 0 atom stereocenters. The van der Waals surface area contributed by atoms with Gasteiger partial charge in [0.2, 0.25) is 5.91 Å². The van der Waals surface area contributed by atoms with E-state index in [1.54, 1.807) is 0 Å². The summed E-state index contributed by atoms with van der Waals surface area (Å²) in [6.07, 6.45) is 1.81. The van der Waals surface area contributed by atoms with E-state index in [9.17, 15) is 13.2 Å². The zero-order chi connectivity index (χ0) is 12.9. The summed E-state index contributed by atoms with van der Waals surface area (Å²) in [5, 5.41) is 14.5. The van der Waals surface area contributed by atoms with Gasteiger partial charge in [-0.25, -0.2) is 5.14 Å². The molecule has 2 aliphatic rings. The van der Waals surface area contributed by atoms with Crippen LogP contribution in [0.2, 0.25) is 0 Å². The first-order valence-corrected chi connectivity index (χ1v) is 7.10. The van der Waals surface area contributed by atoms with E-state index in [1.165, 1.54) is 0 Å². The van der Waals surface area contributed by atoms with Crippen LogP contribution in [-0.4, -0.2) is 28.8 Å². The van der Waals surface area contributed by atoms with Crippen molar-refractivity contribution >= 4 is 21.9 Å². The van der Waals surface area contributed by atoms with Gasteiger partial charge in [0, 0.05) is 18.0 Å². The number of fused-ring (bicyclic) bond motifs is 1. The van der Waals surface area contributed by atoms with E-state index in [1.807, 2.05) is 0 Å². The topological polar surface area (TPSA) is 121 Å². The summed E-state index contributed by atoms with van der Waals surface area (Å²) in [5.74, 6) is 0.430. The molecule has 0 bridgehead atoms. The van der Waals surface area contributed by atoms with Crippen molar-refractivity contribution in [1.82, 2.24) is 14.5 Å². The smallest absolute Gasteiger partial charge is 0.277 e. The van der Waals surface area contributed by atoms with E-state index in [0.717, 1.165) is 17.1 Å². The van der Waals surface area contributed by atoms with Gasteiger partial charge in [0.15, 0.2) is 5.82 Å². The molecule has 0 saturated heterocycles. The highest BCUT2D eigenvalue weighted by Crippen LogP contribution is 2.32. The lowest BCUT2D eigenvalue weighted by Gasteiger charge is -2.11. The number of nitrogens with two attached hydrogens (primary N) is 1. The Morgan fingerprint density at radius 1 is 1.44 bits per heavy atom. The summed E-state index contributed by atoms with van der Waals surface area (Å²) in [6.45, 7) is 0.311. The van der Waals surface area contributed by atoms with Crippen LogP contribution in [0.3, 0.4) is 0 Å². The molecular formula is C9H13N5O3S. The predicted octanol–water partition coefficient (Wildman–Crippen LogP) is -0.723. The number of aromatic nitrogens is 2. The minimum atomic E-state index is -3.72. The molecule has 1 aromatic rings. The highest BCUT2D eigenvalue weighted by molar-refractivity contribution is 7.86. The molecule has 3 rings (SSSR count). The van der Waals surface area contributed by atoms with Gasteiger partial charge < -0.3 is 5.32 Å². The van der Waals surface area contributed by atoms with Gasteiger partial charge in [-0.3, -0.25) is 9.89 Å². The van der Waals surface area contributed by atoms with Crippen LogP contribution in [0.1, 0.15) is 24.1 Å². The molecule has 1 aliphatic heterocycles. The third-order valence-corrected chi connectivity index (χ3v) is 4.15. The number of rotatable bonds is 3. The van der Waals surface area contributed by atoms with Crippen LogP contribution in [0.5, 0.6) is 0 Å². The zero-order valence-corrected chi connectivity index (χ0v) is 10.3. The second kappa shape index (κ2) is 3.77. The molecule has 2 heterocycles. The Morgan fingerprint density at radius 2 is 2.17 bits per heavy atom. The second-order valence-corrected chi connectivity index (χ2v) is 6.15. The SMILES string of the molecule is NS(=O)(=O)N1Cc2[nH]nc(NC(=O)C3CC3)c2C1. The minimum Gasteiger partial charge on any atom is -0.309 e. The summed E-state index contributed by atoms with van der Waals surface area (Å²) >= 11 is 0. The summed E-state index contributed by atoms with van der Waals surface area (Å²) < 4.78 is 23.6. The summed E-state index contributed by atoms with van der Waals surface area (Å²) in [5.41, 5.74) is 1.37. The number of hydrogen-bond donors (Lipinski definition) is 3. The number of nitrogens with one attached hydrogen (secondary N) is 2.